The number of ether oxygens (including phenoxy) is 1. The molecule has 0 spiro atoms. The number of nitrogens with one attached hydrogen (secondary N) is 1. The van der Waals surface area contributed by atoms with Crippen LogP contribution in [0.25, 0.3) is 10.2 Å². The lowest BCUT2D eigenvalue weighted by atomic mass is 10.2. The monoisotopic (exact) mass is 292 g/mol. The number of aryl methyl sites for hydroxylation is 2. The average Bonchev–Trinajstić information content (AvgIpc) is 3.21. The van der Waals surface area contributed by atoms with Gasteiger partial charge in [-0.25, -0.2) is 15.8 Å². The maximum atomic E-state index is 5.67. The molecule has 0 bridgehead atoms. The summed E-state index contributed by atoms with van der Waals surface area (Å²) in [6.45, 7) is 5.41. The molecule has 0 saturated heterocycles. The van der Waals surface area contributed by atoms with Gasteiger partial charge in [0.1, 0.15) is 11.4 Å². The van der Waals surface area contributed by atoms with Gasteiger partial charge in [0.05, 0.1) is 5.39 Å². The minimum absolute atomic E-state index is 0.452. The summed E-state index contributed by atoms with van der Waals surface area (Å²) < 4.78 is 5.67. The van der Waals surface area contributed by atoms with Gasteiger partial charge in [0.15, 0.2) is 11.6 Å². The predicted octanol–water partition coefficient (Wildman–Crippen LogP) is 2.91. The van der Waals surface area contributed by atoms with E-state index in [4.69, 9.17) is 10.6 Å². The molecule has 1 aliphatic carbocycles. The number of nitrogen functional groups attached to an aromatic ring is 1. The first-order chi connectivity index (χ1) is 9.69. The van der Waals surface area contributed by atoms with Crippen molar-refractivity contribution < 1.29 is 4.74 Å². The summed E-state index contributed by atoms with van der Waals surface area (Å²) in [4.78, 5) is 11.3. The van der Waals surface area contributed by atoms with Crippen molar-refractivity contribution in [3.05, 3.63) is 16.3 Å². The second kappa shape index (κ2) is 5.63. The molecule has 0 amide bonds. The van der Waals surface area contributed by atoms with Crippen LogP contribution in [-0.4, -0.2) is 16.6 Å². The standard InChI is InChI=1S/C14H20N4OS/c1-8-9(2)20-14-12(8)13(18-15)16-11(17-14)7-19-6-5-10-3-4-10/h10H,3-7,15H2,1-2H3,(H,16,17,18). The molecular formula is C14H20N4OS. The van der Waals surface area contributed by atoms with Crippen molar-refractivity contribution in [2.75, 3.05) is 12.0 Å². The van der Waals surface area contributed by atoms with E-state index in [2.05, 4.69) is 29.2 Å². The third-order valence-corrected chi connectivity index (χ3v) is 4.91. The highest BCUT2D eigenvalue weighted by Crippen LogP contribution is 2.33. The van der Waals surface area contributed by atoms with Crippen LogP contribution in [0.2, 0.25) is 0 Å². The van der Waals surface area contributed by atoms with E-state index < -0.39 is 0 Å². The van der Waals surface area contributed by atoms with Crippen LogP contribution in [0.5, 0.6) is 0 Å². The fourth-order valence-corrected chi connectivity index (χ4v) is 3.33. The largest absolute Gasteiger partial charge is 0.373 e. The molecule has 0 aromatic carbocycles. The van der Waals surface area contributed by atoms with Gasteiger partial charge >= 0.3 is 0 Å². The van der Waals surface area contributed by atoms with Gasteiger partial charge in [0, 0.05) is 11.5 Å². The van der Waals surface area contributed by atoms with Crippen LogP contribution in [0.4, 0.5) is 5.82 Å². The Bertz CT molecular complexity index is 621. The minimum Gasteiger partial charge on any atom is -0.373 e. The topological polar surface area (TPSA) is 73.1 Å². The number of fused-ring (bicyclic) bond motifs is 1. The Kier molecular flexibility index (Phi) is 3.87. The molecule has 3 N–H and O–H groups in total. The summed E-state index contributed by atoms with van der Waals surface area (Å²) in [5, 5.41) is 1.02. The van der Waals surface area contributed by atoms with E-state index in [1.807, 2.05) is 0 Å². The Morgan fingerprint density at radius 1 is 1.35 bits per heavy atom. The van der Waals surface area contributed by atoms with Crippen LogP contribution >= 0.6 is 11.3 Å². The number of nitrogens with two attached hydrogens (primary N) is 1. The number of hydrogen-bond acceptors (Lipinski definition) is 6. The van der Waals surface area contributed by atoms with Crippen LogP contribution in [0, 0.1) is 19.8 Å². The number of rotatable bonds is 6. The number of nitrogens with zero attached hydrogens (tertiary/aromatic N) is 2. The molecule has 5 nitrogen and oxygen atoms in total. The lowest BCUT2D eigenvalue weighted by Gasteiger charge is -2.07. The molecule has 1 fully saturated rings. The molecule has 0 atom stereocenters. The molecule has 2 aromatic rings. The molecule has 108 valence electrons. The summed E-state index contributed by atoms with van der Waals surface area (Å²) in [7, 11) is 0. The minimum atomic E-state index is 0.452. The third-order valence-electron chi connectivity index (χ3n) is 3.81. The van der Waals surface area contributed by atoms with E-state index in [1.54, 1.807) is 11.3 Å². The zero-order chi connectivity index (χ0) is 14.1. The van der Waals surface area contributed by atoms with E-state index in [-0.39, 0.29) is 0 Å². The van der Waals surface area contributed by atoms with Crippen molar-refractivity contribution in [3.8, 4) is 0 Å². The Balaban J connectivity index is 1.76. The van der Waals surface area contributed by atoms with Crippen molar-refractivity contribution in [2.45, 2.75) is 39.7 Å². The summed E-state index contributed by atoms with van der Waals surface area (Å²) in [5.41, 5.74) is 3.88. The molecule has 0 radical (unpaired) electrons. The average molecular weight is 292 g/mol. The lowest BCUT2D eigenvalue weighted by molar-refractivity contribution is 0.110. The zero-order valence-electron chi connectivity index (χ0n) is 11.9. The molecule has 2 aromatic heterocycles. The zero-order valence-corrected chi connectivity index (χ0v) is 12.7. The maximum Gasteiger partial charge on any atom is 0.158 e. The van der Waals surface area contributed by atoms with E-state index >= 15 is 0 Å². The Labute approximate surface area is 122 Å². The molecule has 0 aliphatic heterocycles. The Morgan fingerprint density at radius 2 is 2.15 bits per heavy atom. The second-order valence-corrected chi connectivity index (χ2v) is 6.58. The van der Waals surface area contributed by atoms with Gasteiger partial charge in [-0.2, -0.15) is 0 Å². The van der Waals surface area contributed by atoms with Crippen molar-refractivity contribution in [3.63, 3.8) is 0 Å². The second-order valence-electron chi connectivity index (χ2n) is 5.38. The third kappa shape index (κ3) is 2.77. The van der Waals surface area contributed by atoms with Crippen molar-refractivity contribution in [1.29, 1.82) is 0 Å². The van der Waals surface area contributed by atoms with Gasteiger partial charge in [-0.3, -0.25) is 0 Å². The van der Waals surface area contributed by atoms with Gasteiger partial charge in [-0.05, 0) is 31.7 Å². The Hall–Kier alpha value is -1.24. The molecule has 1 saturated carbocycles. The molecule has 3 rings (SSSR count). The quantitative estimate of drug-likeness (QED) is 0.486. The van der Waals surface area contributed by atoms with Gasteiger partial charge in [0.25, 0.3) is 0 Å². The van der Waals surface area contributed by atoms with E-state index in [0.29, 0.717) is 18.2 Å². The number of aromatic nitrogens is 2. The highest BCUT2D eigenvalue weighted by molar-refractivity contribution is 7.18. The summed E-state index contributed by atoms with van der Waals surface area (Å²) in [6.07, 6.45) is 3.88. The number of hydrogen-bond donors (Lipinski definition) is 2. The van der Waals surface area contributed by atoms with Crippen molar-refractivity contribution in [1.82, 2.24) is 9.97 Å². The molecule has 1 aliphatic rings. The summed E-state index contributed by atoms with van der Waals surface area (Å²) in [5.74, 6) is 7.87. The highest BCUT2D eigenvalue weighted by atomic mass is 32.1. The molecule has 20 heavy (non-hydrogen) atoms. The van der Waals surface area contributed by atoms with Crippen molar-refractivity contribution in [2.24, 2.45) is 11.8 Å². The molecule has 0 unspecified atom stereocenters. The number of thiophene rings is 1. The highest BCUT2D eigenvalue weighted by Gasteiger charge is 2.20. The molecular weight excluding hydrogens is 272 g/mol. The van der Waals surface area contributed by atoms with Crippen molar-refractivity contribution >= 4 is 27.4 Å². The molecule has 6 heteroatoms. The first-order valence-electron chi connectivity index (χ1n) is 7.00. The van der Waals surface area contributed by atoms with Gasteiger partial charge in [-0.15, -0.1) is 11.3 Å². The first-order valence-corrected chi connectivity index (χ1v) is 7.81. The Morgan fingerprint density at radius 3 is 2.85 bits per heavy atom. The van der Waals surface area contributed by atoms with E-state index in [0.717, 1.165) is 29.2 Å². The first kappa shape index (κ1) is 13.7. The summed E-state index contributed by atoms with van der Waals surface area (Å²) in [6, 6.07) is 0. The van der Waals surface area contributed by atoms with Gasteiger partial charge in [0.2, 0.25) is 0 Å². The molecule has 2 heterocycles. The normalized spacial score (nSPS) is 14.9. The van der Waals surface area contributed by atoms with E-state index in [9.17, 15) is 0 Å². The smallest absolute Gasteiger partial charge is 0.158 e. The lowest BCUT2D eigenvalue weighted by Crippen LogP contribution is -2.11. The van der Waals surface area contributed by atoms with Crippen LogP contribution in [-0.2, 0) is 11.3 Å². The van der Waals surface area contributed by atoms with Gasteiger partial charge < -0.3 is 10.2 Å². The van der Waals surface area contributed by atoms with Crippen LogP contribution in [0.3, 0.4) is 0 Å². The number of anilines is 1. The number of hydrazine groups is 1. The van der Waals surface area contributed by atoms with Gasteiger partial charge in [-0.1, -0.05) is 12.8 Å². The fourth-order valence-electron chi connectivity index (χ4n) is 2.28. The SMILES string of the molecule is Cc1sc2nc(COCCC3CC3)nc(NN)c2c1C. The summed E-state index contributed by atoms with van der Waals surface area (Å²) >= 11 is 1.67. The van der Waals surface area contributed by atoms with Crippen LogP contribution in [0.15, 0.2) is 0 Å². The van der Waals surface area contributed by atoms with E-state index in [1.165, 1.54) is 23.3 Å². The predicted molar refractivity (Wildman–Crippen MR) is 81.7 cm³/mol. The van der Waals surface area contributed by atoms with Crippen LogP contribution in [0.1, 0.15) is 35.5 Å². The maximum absolute atomic E-state index is 5.67. The fraction of sp³-hybridized carbons (Fsp3) is 0.571. The van der Waals surface area contributed by atoms with Crippen LogP contribution < -0.4 is 11.3 Å².